The van der Waals surface area contributed by atoms with Crippen LogP contribution in [0.1, 0.15) is 0 Å². The van der Waals surface area contributed by atoms with Crippen LogP contribution in [-0.2, 0) is 13.6 Å². The molecule has 2 aromatic rings. The zero-order valence-electron chi connectivity index (χ0n) is 12.7. The summed E-state index contributed by atoms with van der Waals surface area (Å²) >= 11 is 0. The summed E-state index contributed by atoms with van der Waals surface area (Å²) in [5.41, 5.74) is -0.295. The second-order valence-electron chi connectivity index (χ2n) is 5.57. The fourth-order valence-electron chi connectivity index (χ4n) is 2.78. The highest BCUT2D eigenvalue weighted by Crippen LogP contribution is 2.20. The van der Waals surface area contributed by atoms with Crippen LogP contribution in [0.15, 0.2) is 9.59 Å². The standard InChI is InChI=1S/C13H20N6O3/c1-16-3-5-18(6-4-16)12-14-10-9(19(12)7-8-20)11(21)15-13(22)17(10)2/h20H,3-8H2,1-2H3,(H,15,21,22). The predicted molar refractivity (Wildman–Crippen MR) is 82.4 cm³/mol. The number of likely N-dealkylation sites (N-methyl/N-ethyl adjacent to an activating group) is 1. The van der Waals surface area contributed by atoms with Crippen LogP contribution in [0.25, 0.3) is 11.2 Å². The van der Waals surface area contributed by atoms with E-state index >= 15 is 0 Å². The number of aromatic amines is 1. The van der Waals surface area contributed by atoms with Gasteiger partial charge in [-0.3, -0.25) is 14.3 Å². The fourth-order valence-corrected chi connectivity index (χ4v) is 2.78. The summed E-state index contributed by atoms with van der Waals surface area (Å²) in [6.45, 7) is 3.54. The van der Waals surface area contributed by atoms with Crippen molar-refractivity contribution in [2.24, 2.45) is 7.05 Å². The fraction of sp³-hybridized carbons (Fsp3) is 0.615. The van der Waals surface area contributed by atoms with Crippen molar-refractivity contribution in [3.8, 4) is 0 Å². The number of aromatic nitrogens is 4. The molecule has 0 aliphatic carbocycles. The maximum Gasteiger partial charge on any atom is 0.329 e. The first-order valence-electron chi connectivity index (χ1n) is 7.27. The Morgan fingerprint density at radius 1 is 1.18 bits per heavy atom. The molecular weight excluding hydrogens is 288 g/mol. The van der Waals surface area contributed by atoms with E-state index in [1.807, 2.05) is 0 Å². The van der Waals surface area contributed by atoms with Crippen LogP contribution in [0.5, 0.6) is 0 Å². The Morgan fingerprint density at radius 2 is 1.86 bits per heavy atom. The number of nitrogens with one attached hydrogen (secondary N) is 1. The lowest BCUT2D eigenvalue weighted by atomic mass is 10.3. The minimum Gasteiger partial charge on any atom is -0.395 e. The number of hydrogen-bond acceptors (Lipinski definition) is 6. The molecule has 2 N–H and O–H groups in total. The number of aryl methyl sites for hydroxylation is 1. The Morgan fingerprint density at radius 3 is 2.50 bits per heavy atom. The molecule has 9 nitrogen and oxygen atoms in total. The molecule has 0 saturated carbocycles. The summed E-state index contributed by atoms with van der Waals surface area (Å²) in [5, 5.41) is 9.32. The van der Waals surface area contributed by atoms with Crippen molar-refractivity contribution in [1.82, 2.24) is 24.0 Å². The highest BCUT2D eigenvalue weighted by molar-refractivity contribution is 5.74. The third kappa shape index (κ3) is 2.32. The van der Waals surface area contributed by atoms with Crippen LogP contribution >= 0.6 is 0 Å². The summed E-state index contributed by atoms with van der Waals surface area (Å²) in [6, 6.07) is 0. The molecule has 120 valence electrons. The molecule has 3 rings (SSSR count). The number of aliphatic hydroxyl groups excluding tert-OH is 1. The van der Waals surface area contributed by atoms with Crippen LogP contribution in [0, 0.1) is 0 Å². The van der Waals surface area contributed by atoms with Crippen molar-refractivity contribution in [2.75, 3.05) is 44.7 Å². The summed E-state index contributed by atoms with van der Waals surface area (Å²) < 4.78 is 3.02. The van der Waals surface area contributed by atoms with E-state index in [1.165, 1.54) is 4.57 Å². The van der Waals surface area contributed by atoms with E-state index in [1.54, 1.807) is 11.6 Å². The molecule has 0 aromatic carbocycles. The van der Waals surface area contributed by atoms with E-state index in [9.17, 15) is 14.7 Å². The minimum atomic E-state index is -0.490. The van der Waals surface area contributed by atoms with Crippen LogP contribution in [-0.4, -0.2) is 68.9 Å². The molecule has 9 heteroatoms. The zero-order chi connectivity index (χ0) is 15.9. The highest BCUT2D eigenvalue weighted by Gasteiger charge is 2.23. The average molecular weight is 308 g/mol. The van der Waals surface area contributed by atoms with Gasteiger partial charge in [-0.25, -0.2) is 4.79 Å². The molecule has 0 amide bonds. The van der Waals surface area contributed by atoms with Gasteiger partial charge in [-0.2, -0.15) is 4.98 Å². The van der Waals surface area contributed by atoms with E-state index < -0.39 is 11.2 Å². The Balaban J connectivity index is 2.19. The van der Waals surface area contributed by atoms with Gasteiger partial charge in [0.1, 0.15) is 0 Å². The van der Waals surface area contributed by atoms with Crippen molar-refractivity contribution in [3.63, 3.8) is 0 Å². The van der Waals surface area contributed by atoms with E-state index in [0.717, 1.165) is 26.2 Å². The number of nitrogens with zero attached hydrogens (tertiary/aromatic N) is 5. The van der Waals surface area contributed by atoms with Gasteiger partial charge >= 0.3 is 5.69 Å². The lowest BCUT2D eigenvalue weighted by molar-refractivity contribution is 0.275. The van der Waals surface area contributed by atoms with Crippen molar-refractivity contribution in [3.05, 3.63) is 20.8 Å². The van der Waals surface area contributed by atoms with Crippen LogP contribution in [0.4, 0.5) is 5.95 Å². The summed E-state index contributed by atoms with van der Waals surface area (Å²) in [6.07, 6.45) is 0. The lowest BCUT2D eigenvalue weighted by Crippen LogP contribution is -2.45. The van der Waals surface area contributed by atoms with Gasteiger partial charge in [0.15, 0.2) is 11.2 Å². The van der Waals surface area contributed by atoms with Gasteiger partial charge in [0, 0.05) is 39.8 Å². The largest absolute Gasteiger partial charge is 0.395 e. The molecule has 0 unspecified atom stereocenters. The SMILES string of the molecule is CN1CCN(c2nc3c(c(=O)[nH]c(=O)n3C)n2CCO)CC1. The molecule has 3 heterocycles. The van der Waals surface area contributed by atoms with Gasteiger partial charge in [-0.1, -0.05) is 0 Å². The number of anilines is 1. The molecule has 1 aliphatic rings. The van der Waals surface area contributed by atoms with Crippen molar-refractivity contribution in [1.29, 1.82) is 0 Å². The minimum absolute atomic E-state index is 0.103. The zero-order valence-corrected chi connectivity index (χ0v) is 12.7. The molecule has 1 fully saturated rings. The first kappa shape index (κ1) is 14.8. The van der Waals surface area contributed by atoms with Gasteiger partial charge in [0.25, 0.3) is 5.56 Å². The summed E-state index contributed by atoms with van der Waals surface area (Å²) in [7, 11) is 3.63. The Hall–Kier alpha value is -2.13. The van der Waals surface area contributed by atoms with E-state index in [4.69, 9.17) is 0 Å². The van der Waals surface area contributed by atoms with Crippen molar-refractivity contribution >= 4 is 17.1 Å². The number of rotatable bonds is 3. The second kappa shape index (κ2) is 5.58. The van der Waals surface area contributed by atoms with Gasteiger partial charge in [0.05, 0.1) is 6.61 Å². The summed E-state index contributed by atoms with van der Waals surface area (Å²) in [4.78, 5) is 35.0. The summed E-state index contributed by atoms with van der Waals surface area (Å²) in [5.74, 6) is 0.629. The first-order chi connectivity index (χ1) is 10.5. The van der Waals surface area contributed by atoms with E-state index in [0.29, 0.717) is 17.1 Å². The Labute approximate surface area is 126 Å². The molecule has 0 radical (unpaired) electrons. The number of fused-ring (bicyclic) bond motifs is 1. The van der Waals surface area contributed by atoms with E-state index in [2.05, 4.69) is 26.8 Å². The van der Waals surface area contributed by atoms with Gasteiger partial charge in [0.2, 0.25) is 5.95 Å². The normalized spacial score (nSPS) is 16.6. The molecule has 22 heavy (non-hydrogen) atoms. The smallest absolute Gasteiger partial charge is 0.329 e. The van der Waals surface area contributed by atoms with Crippen LogP contribution < -0.4 is 16.1 Å². The maximum atomic E-state index is 12.2. The first-order valence-corrected chi connectivity index (χ1v) is 7.27. The predicted octanol–water partition coefficient (Wildman–Crippen LogP) is -1.83. The molecule has 0 bridgehead atoms. The van der Waals surface area contributed by atoms with E-state index in [-0.39, 0.29) is 13.2 Å². The third-order valence-electron chi connectivity index (χ3n) is 4.10. The Kier molecular flexibility index (Phi) is 3.75. The van der Waals surface area contributed by atoms with Crippen molar-refractivity contribution in [2.45, 2.75) is 6.54 Å². The molecule has 0 spiro atoms. The molecule has 1 aliphatic heterocycles. The average Bonchev–Trinajstić information content (AvgIpc) is 2.86. The number of hydrogen-bond donors (Lipinski definition) is 2. The van der Waals surface area contributed by atoms with Gasteiger partial charge in [-0.15, -0.1) is 0 Å². The third-order valence-corrected chi connectivity index (χ3v) is 4.10. The maximum absolute atomic E-state index is 12.2. The molecular formula is C13H20N6O3. The number of imidazole rings is 1. The molecule has 2 aromatic heterocycles. The van der Waals surface area contributed by atoms with Gasteiger partial charge < -0.3 is 19.5 Å². The second-order valence-corrected chi connectivity index (χ2v) is 5.57. The number of piperazine rings is 1. The van der Waals surface area contributed by atoms with Crippen LogP contribution in [0.2, 0.25) is 0 Å². The highest BCUT2D eigenvalue weighted by atomic mass is 16.3. The lowest BCUT2D eigenvalue weighted by Gasteiger charge is -2.33. The quantitative estimate of drug-likeness (QED) is 0.692. The van der Waals surface area contributed by atoms with Gasteiger partial charge in [-0.05, 0) is 7.05 Å². The Bertz CT molecular complexity index is 796. The monoisotopic (exact) mass is 308 g/mol. The molecule has 0 atom stereocenters. The number of H-pyrrole nitrogens is 1. The van der Waals surface area contributed by atoms with Crippen LogP contribution in [0.3, 0.4) is 0 Å². The topological polar surface area (TPSA) is 99.4 Å². The molecule has 1 saturated heterocycles. The number of aliphatic hydroxyl groups is 1. The van der Waals surface area contributed by atoms with Crippen molar-refractivity contribution < 1.29 is 5.11 Å².